The molecule has 3 N–H and O–H groups in total. The zero-order valence-electron chi connectivity index (χ0n) is 18.2. The van der Waals surface area contributed by atoms with Gasteiger partial charge in [0.2, 0.25) is 11.8 Å². The minimum absolute atomic E-state index is 0.0273. The van der Waals surface area contributed by atoms with Crippen molar-refractivity contribution in [1.29, 1.82) is 0 Å². The molecule has 0 spiro atoms. The van der Waals surface area contributed by atoms with Crippen LogP contribution in [0, 0.1) is 11.6 Å². The Morgan fingerprint density at radius 1 is 1.03 bits per heavy atom. The highest BCUT2D eigenvalue weighted by molar-refractivity contribution is 7.99. The first kappa shape index (κ1) is 28.2. The highest BCUT2D eigenvalue weighted by Gasteiger charge is 2.22. The number of alkyl halides is 2. The zero-order chi connectivity index (χ0) is 25.5. The maximum Gasteiger partial charge on any atom is 0.257 e. The largest absolute Gasteiger partial charge is 0.326 e. The lowest BCUT2D eigenvalue weighted by Crippen LogP contribution is -2.21. The number of thioether (sulfide) groups is 1. The molecule has 0 aliphatic heterocycles. The SMILES string of the molecule is CCSCCC(=O)Nc1c(F)ccc(NC(=O)c2cc(NC(=O)CC(C)(Cl)Cl)ccc2Cl)c1F. The third-order valence-corrected chi connectivity index (χ3v) is 5.74. The van der Waals surface area contributed by atoms with Crippen LogP contribution in [0.15, 0.2) is 30.3 Å². The molecule has 0 radical (unpaired) electrons. The highest BCUT2D eigenvalue weighted by Crippen LogP contribution is 2.29. The molecule has 2 aromatic rings. The van der Waals surface area contributed by atoms with E-state index in [1.165, 1.54) is 36.9 Å². The van der Waals surface area contributed by atoms with Gasteiger partial charge in [-0.3, -0.25) is 14.4 Å². The number of rotatable bonds is 10. The number of carbonyl (C=O) groups excluding carboxylic acids is 3. The molecule has 0 fully saturated rings. The van der Waals surface area contributed by atoms with Crippen LogP contribution in [0.5, 0.6) is 0 Å². The quantitative estimate of drug-likeness (QED) is 0.233. The summed E-state index contributed by atoms with van der Waals surface area (Å²) in [4.78, 5) is 36.8. The summed E-state index contributed by atoms with van der Waals surface area (Å²) >= 11 is 19.3. The van der Waals surface area contributed by atoms with Gasteiger partial charge in [-0.2, -0.15) is 11.8 Å². The molecule has 184 valence electrons. The number of hydrogen-bond acceptors (Lipinski definition) is 4. The lowest BCUT2D eigenvalue weighted by molar-refractivity contribution is -0.116. The van der Waals surface area contributed by atoms with Gasteiger partial charge in [-0.1, -0.05) is 18.5 Å². The standard InChI is InChI=1S/C22H22Cl3F2N3O3S/c1-3-34-9-8-17(31)30-20-15(26)6-7-16(19(20)27)29-21(33)13-10-12(4-5-14(13)23)28-18(32)11-22(2,24)25/h4-7,10H,3,8-9,11H2,1-2H3,(H,28,32)(H,29,33)(H,30,31). The number of anilines is 3. The number of amides is 3. The molecule has 0 saturated heterocycles. The lowest BCUT2D eigenvalue weighted by atomic mass is 10.1. The summed E-state index contributed by atoms with van der Waals surface area (Å²) in [6, 6.07) is 6.05. The van der Waals surface area contributed by atoms with E-state index >= 15 is 0 Å². The summed E-state index contributed by atoms with van der Waals surface area (Å²) < 4.78 is 27.7. The molecule has 0 saturated carbocycles. The van der Waals surface area contributed by atoms with Crippen molar-refractivity contribution in [2.45, 2.75) is 31.0 Å². The number of carbonyl (C=O) groups is 3. The second-order valence-electron chi connectivity index (χ2n) is 7.22. The number of hydrogen-bond donors (Lipinski definition) is 3. The van der Waals surface area contributed by atoms with Crippen molar-refractivity contribution in [3.8, 4) is 0 Å². The van der Waals surface area contributed by atoms with E-state index in [0.717, 1.165) is 17.9 Å². The average Bonchev–Trinajstić information content (AvgIpc) is 2.73. The first-order valence-corrected chi connectivity index (χ1v) is 12.3. The number of nitrogens with one attached hydrogen (secondary N) is 3. The number of benzene rings is 2. The summed E-state index contributed by atoms with van der Waals surface area (Å²) in [5, 5.41) is 7.07. The molecule has 0 unspecified atom stereocenters. The average molecular weight is 553 g/mol. The Bertz CT molecular complexity index is 1080. The Labute approximate surface area is 215 Å². The maximum atomic E-state index is 14.9. The monoisotopic (exact) mass is 551 g/mol. The van der Waals surface area contributed by atoms with Gasteiger partial charge in [0.05, 0.1) is 22.7 Å². The molecule has 3 amide bonds. The molecule has 2 aromatic carbocycles. The van der Waals surface area contributed by atoms with Crippen LogP contribution in [-0.4, -0.2) is 33.6 Å². The zero-order valence-corrected chi connectivity index (χ0v) is 21.3. The van der Waals surface area contributed by atoms with Crippen molar-refractivity contribution < 1.29 is 23.2 Å². The second-order valence-corrected chi connectivity index (χ2v) is 10.9. The molecule has 0 atom stereocenters. The molecule has 2 rings (SSSR count). The van der Waals surface area contributed by atoms with E-state index in [-0.39, 0.29) is 34.8 Å². The Hall–Kier alpha value is -2.07. The van der Waals surface area contributed by atoms with Crippen LogP contribution >= 0.6 is 46.6 Å². The fraction of sp³-hybridized carbons (Fsp3) is 0.318. The highest BCUT2D eigenvalue weighted by atomic mass is 35.5. The van der Waals surface area contributed by atoms with E-state index in [1.54, 1.807) is 0 Å². The van der Waals surface area contributed by atoms with Gasteiger partial charge in [-0.15, -0.1) is 23.2 Å². The first-order valence-electron chi connectivity index (χ1n) is 10.1. The molecular weight excluding hydrogens is 531 g/mol. The normalized spacial score (nSPS) is 11.1. The van der Waals surface area contributed by atoms with Crippen LogP contribution < -0.4 is 16.0 Å². The van der Waals surface area contributed by atoms with Gasteiger partial charge in [0.1, 0.15) is 15.8 Å². The summed E-state index contributed by atoms with van der Waals surface area (Å²) in [5.41, 5.74) is -0.878. The van der Waals surface area contributed by atoms with Crippen LogP contribution in [0.4, 0.5) is 25.8 Å². The first-order chi connectivity index (χ1) is 15.9. The molecule has 34 heavy (non-hydrogen) atoms. The molecule has 0 aromatic heterocycles. The molecule has 12 heteroatoms. The van der Waals surface area contributed by atoms with E-state index in [9.17, 15) is 23.2 Å². The molecular formula is C22H22Cl3F2N3O3S. The predicted octanol–water partition coefficient (Wildman–Crippen LogP) is 6.47. The minimum Gasteiger partial charge on any atom is -0.326 e. The predicted molar refractivity (Wildman–Crippen MR) is 135 cm³/mol. The Kier molecular flexibility index (Phi) is 10.4. The van der Waals surface area contributed by atoms with E-state index in [1.807, 2.05) is 6.92 Å². The lowest BCUT2D eigenvalue weighted by Gasteiger charge is -2.14. The van der Waals surface area contributed by atoms with Crippen LogP contribution in [0.1, 0.15) is 37.0 Å². The maximum absolute atomic E-state index is 14.9. The molecule has 0 bridgehead atoms. The van der Waals surface area contributed by atoms with Crippen LogP contribution in [-0.2, 0) is 9.59 Å². The van der Waals surface area contributed by atoms with E-state index in [2.05, 4.69) is 16.0 Å². The second kappa shape index (κ2) is 12.6. The summed E-state index contributed by atoms with van der Waals surface area (Å²) in [6.07, 6.45) is -0.124. The van der Waals surface area contributed by atoms with Crippen molar-refractivity contribution >= 4 is 81.3 Å². The summed E-state index contributed by atoms with van der Waals surface area (Å²) in [7, 11) is 0. The van der Waals surface area contributed by atoms with Crippen molar-refractivity contribution in [2.24, 2.45) is 0 Å². The van der Waals surface area contributed by atoms with Crippen LogP contribution in [0.25, 0.3) is 0 Å². The molecule has 0 aliphatic rings. The minimum atomic E-state index is -1.28. The topological polar surface area (TPSA) is 87.3 Å². The van der Waals surface area contributed by atoms with Crippen LogP contribution in [0.3, 0.4) is 0 Å². The molecule has 6 nitrogen and oxygen atoms in total. The molecule has 0 aliphatic carbocycles. The summed E-state index contributed by atoms with van der Waals surface area (Å²) in [5.74, 6) is -2.69. The Balaban J connectivity index is 2.19. The van der Waals surface area contributed by atoms with E-state index < -0.39 is 39.4 Å². The molecule has 0 heterocycles. The van der Waals surface area contributed by atoms with Crippen molar-refractivity contribution in [3.05, 3.63) is 52.6 Å². The Morgan fingerprint density at radius 3 is 2.38 bits per heavy atom. The van der Waals surface area contributed by atoms with Gasteiger partial charge in [0.15, 0.2) is 5.82 Å². The van der Waals surface area contributed by atoms with Crippen molar-refractivity contribution in [3.63, 3.8) is 0 Å². The van der Waals surface area contributed by atoms with E-state index in [4.69, 9.17) is 34.8 Å². The van der Waals surface area contributed by atoms with E-state index in [0.29, 0.717) is 5.75 Å². The van der Waals surface area contributed by atoms with Crippen molar-refractivity contribution in [2.75, 3.05) is 27.5 Å². The fourth-order valence-corrected chi connectivity index (χ4v) is 3.79. The van der Waals surface area contributed by atoms with Crippen LogP contribution in [0.2, 0.25) is 5.02 Å². The number of halogens is 5. The smallest absolute Gasteiger partial charge is 0.257 e. The van der Waals surface area contributed by atoms with Gasteiger partial charge in [0.25, 0.3) is 5.91 Å². The van der Waals surface area contributed by atoms with Gasteiger partial charge in [0, 0.05) is 17.9 Å². The van der Waals surface area contributed by atoms with Crippen molar-refractivity contribution in [1.82, 2.24) is 0 Å². The van der Waals surface area contributed by atoms with Gasteiger partial charge < -0.3 is 16.0 Å². The summed E-state index contributed by atoms with van der Waals surface area (Å²) in [6.45, 7) is 3.38. The fourth-order valence-electron chi connectivity index (χ4n) is 2.73. The van der Waals surface area contributed by atoms with Gasteiger partial charge in [-0.05, 0) is 43.0 Å². The third kappa shape index (κ3) is 8.61. The third-order valence-electron chi connectivity index (χ3n) is 4.25. The van der Waals surface area contributed by atoms with Gasteiger partial charge in [-0.25, -0.2) is 8.78 Å². The Morgan fingerprint density at radius 2 is 1.74 bits per heavy atom. The van der Waals surface area contributed by atoms with Gasteiger partial charge >= 0.3 is 0 Å².